The van der Waals surface area contributed by atoms with Crippen LogP contribution in [0.5, 0.6) is 0 Å². The smallest absolute Gasteiger partial charge is 0.274 e. The quantitative estimate of drug-likeness (QED) is 0.533. The second-order valence-electron chi connectivity index (χ2n) is 5.48. The molecule has 0 saturated carbocycles. The molecule has 0 fully saturated rings. The Hall–Kier alpha value is -2.96. The zero-order chi connectivity index (χ0) is 18.1. The fraction of sp³-hybridized carbons (Fsp3) is 0. The van der Waals surface area contributed by atoms with Gasteiger partial charge < -0.3 is 5.32 Å². The second kappa shape index (κ2) is 6.74. The van der Waals surface area contributed by atoms with Crippen LogP contribution in [-0.4, -0.2) is 25.7 Å². The number of rotatable bonds is 3. The number of benzene rings is 2. The van der Waals surface area contributed by atoms with Crippen molar-refractivity contribution in [1.82, 2.24) is 19.7 Å². The van der Waals surface area contributed by atoms with E-state index in [0.29, 0.717) is 16.4 Å². The summed E-state index contributed by atoms with van der Waals surface area (Å²) >= 11 is 12.3. The fourth-order valence-electron chi connectivity index (χ4n) is 2.60. The Kier molecular flexibility index (Phi) is 4.28. The second-order valence-corrected chi connectivity index (χ2v) is 6.27. The SMILES string of the molecule is O=C(Nc1cc(Cl)ccc1-n1cncn1)c1cc2ccccc2c(Cl)n1. The summed E-state index contributed by atoms with van der Waals surface area (Å²) < 4.78 is 1.53. The largest absolute Gasteiger partial charge is 0.319 e. The summed E-state index contributed by atoms with van der Waals surface area (Å²) in [6.45, 7) is 0. The molecular formula is C18H11Cl2N5O. The Bertz CT molecular complexity index is 1110. The van der Waals surface area contributed by atoms with Crippen LogP contribution < -0.4 is 5.32 Å². The van der Waals surface area contributed by atoms with Crippen LogP contribution in [0, 0.1) is 0 Å². The number of carbonyl (C=O) groups excluding carboxylic acids is 1. The number of hydrogen-bond acceptors (Lipinski definition) is 4. The molecule has 2 aromatic carbocycles. The highest BCUT2D eigenvalue weighted by atomic mass is 35.5. The number of hydrogen-bond donors (Lipinski definition) is 1. The lowest BCUT2D eigenvalue weighted by Gasteiger charge is -2.11. The maximum Gasteiger partial charge on any atom is 0.274 e. The molecule has 1 N–H and O–H groups in total. The zero-order valence-electron chi connectivity index (χ0n) is 13.2. The van der Waals surface area contributed by atoms with Crippen molar-refractivity contribution in [1.29, 1.82) is 0 Å². The molecule has 0 radical (unpaired) electrons. The van der Waals surface area contributed by atoms with E-state index in [1.54, 1.807) is 24.3 Å². The van der Waals surface area contributed by atoms with Crippen molar-refractivity contribution in [3.05, 3.63) is 77.1 Å². The maximum atomic E-state index is 12.7. The van der Waals surface area contributed by atoms with Gasteiger partial charge in [-0.25, -0.2) is 14.6 Å². The molecular weight excluding hydrogens is 373 g/mol. The lowest BCUT2D eigenvalue weighted by atomic mass is 10.1. The molecule has 0 aliphatic rings. The van der Waals surface area contributed by atoms with Crippen LogP contribution in [0.4, 0.5) is 5.69 Å². The van der Waals surface area contributed by atoms with Gasteiger partial charge in [0.25, 0.3) is 5.91 Å². The summed E-state index contributed by atoms with van der Waals surface area (Å²) in [4.78, 5) is 20.8. The van der Waals surface area contributed by atoms with Crippen LogP contribution in [0.2, 0.25) is 10.2 Å². The van der Waals surface area contributed by atoms with Crippen molar-refractivity contribution in [2.45, 2.75) is 0 Å². The average molecular weight is 384 g/mol. The standard InChI is InChI=1S/C18H11Cl2N5O/c19-12-5-6-16(25-10-21-9-22-25)14(8-12)24-18(26)15-7-11-3-1-2-4-13(11)17(20)23-15/h1-10H,(H,24,26). The van der Waals surface area contributed by atoms with Crippen molar-refractivity contribution in [2.75, 3.05) is 5.32 Å². The van der Waals surface area contributed by atoms with Gasteiger partial charge in [-0.15, -0.1) is 0 Å². The van der Waals surface area contributed by atoms with E-state index in [4.69, 9.17) is 23.2 Å². The van der Waals surface area contributed by atoms with Gasteiger partial charge in [0, 0.05) is 10.4 Å². The summed E-state index contributed by atoms with van der Waals surface area (Å²) in [5.74, 6) is -0.402. The lowest BCUT2D eigenvalue weighted by molar-refractivity contribution is 0.102. The number of amides is 1. The summed E-state index contributed by atoms with van der Waals surface area (Å²) in [6, 6.07) is 14.3. The van der Waals surface area contributed by atoms with Gasteiger partial charge in [-0.05, 0) is 29.7 Å². The van der Waals surface area contributed by atoms with Crippen molar-refractivity contribution in [3.63, 3.8) is 0 Å². The minimum absolute atomic E-state index is 0.207. The van der Waals surface area contributed by atoms with E-state index in [0.717, 1.165) is 10.8 Å². The monoisotopic (exact) mass is 383 g/mol. The molecule has 0 spiro atoms. The van der Waals surface area contributed by atoms with Gasteiger partial charge in [-0.3, -0.25) is 4.79 Å². The summed E-state index contributed by atoms with van der Waals surface area (Å²) in [5, 5.41) is 9.28. The van der Waals surface area contributed by atoms with E-state index in [1.807, 2.05) is 24.3 Å². The highest BCUT2D eigenvalue weighted by Crippen LogP contribution is 2.26. The van der Waals surface area contributed by atoms with Gasteiger partial charge in [-0.1, -0.05) is 47.5 Å². The first-order valence-corrected chi connectivity index (χ1v) is 8.38. The summed E-state index contributed by atoms with van der Waals surface area (Å²) in [7, 11) is 0. The third-order valence-corrected chi connectivity index (χ3v) is 4.32. The molecule has 128 valence electrons. The molecule has 0 saturated heterocycles. The third kappa shape index (κ3) is 3.12. The van der Waals surface area contributed by atoms with Crippen molar-refractivity contribution in [3.8, 4) is 5.69 Å². The number of nitrogens with zero attached hydrogens (tertiary/aromatic N) is 4. The molecule has 6 nitrogen and oxygen atoms in total. The molecule has 0 aliphatic carbocycles. The topological polar surface area (TPSA) is 72.7 Å². The zero-order valence-corrected chi connectivity index (χ0v) is 14.7. The van der Waals surface area contributed by atoms with Crippen molar-refractivity contribution in [2.24, 2.45) is 0 Å². The van der Waals surface area contributed by atoms with Gasteiger partial charge >= 0.3 is 0 Å². The van der Waals surface area contributed by atoms with Gasteiger partial charge in [0.1, 0.15) is 23.5 Å². The van der Waals surface area contributed by atoms with Crippen molar-refractivity contribution >= 4 is 45.6 Å². The molecule has 2 heterocycles. The number of anilines is 1. The normalized spacial score (nSPS) is 10.8. The first-order chi connectivity index (χ1) is 12.6. The molecule has 1 amide bonds. The minimum atomic E-state index is -0.402. The summed E-state index contributed by atoms with van der Waals surface area (Å²) in [6.07, 6.45) is 2.94. The Morgan fingerprint density at radius 2 is 1.92 bits per heavy atom. The number of nitrogens with one attached hydrogen (secondary N) is 1. The Labute approximate surface area is 158 Å². The molecule has 4 aromatic rings. The molecule has 4 rings (SSSR count). The minimum Gasteiger partial charge on any atom is -0.319 e. The Morgan fingerprint density at radius 3 is 2.73 bits per heavy atom. The van der Waals surface area contributed by atoms with E-state index >= 15 is 0 Å². The highest BCUT2D eigenvalue weighted by molar-refractivity contribution is 6.34. The predicted octanol–water partition coefficient (Wildman–Crippen LogP) is 4.37. The fourth-order valence-corrected chi connectivity index (χ4v) is 3.04. The van der Waals surface area contributed by atoms with Gasteiger partial charge in [0.05, 0.1) is 11.4 Å². The number of fused-ring (bicyclic) bond motifs is 1. The van der Waals surface area contributed by atoms with Crippen LogP contribution in [0.1, 0.15) is 10.5 Å². The number of pyridine rings is 1. The van der Waals surface area contributed by atoms with E-state index in [9.17, 15) is 4.79 Å². The Balaban J connectivity index is 1.72. The number of carbonyl (C=O) groups is 1. The summed E-state index contributed by atoms with van der Waals surface area (Å²) in [5.41, 5.74) is 1.32. The molecule has 2 aromatic heterocycles. The van der Waals surface area contributed by atoms with E-state index < -0.39 is 5.91 Å². The molecule has 0 unspecified atom stereocenters. The number of aromatic nitrogens is 4. The predicted molar refractivity (Wildman–Crippen MR) is 101 cm³/mol. The van der Waals surface area contributed by atoms with Crippen LogP contribution in [-0.2, 0) is 0 Å². The first-order valence-electron chi connectivity index (χ1n) is 7.63. The molecule has 0 bridgehead atoms. The van der Waals surface area contributed by atoms with E-state index in [2.05, 4.69) is 20.4 Å². The third-order valence-electron chi connectivity index (χ3n) is 3.80. The highest BCUT2D eigenvalue weighted by Gasteiger charge is 2.15. The van der Waals surface area contributed by atoms with Gasteiger partial charge in [0.15, 0.2) is 0 Å². The van der Waals surface area contributed by atoms with Crippen LogP contribution >= 0.6 is 23.2 Å². The molecule has 0 aliphatic heterocycles. The number of halogens is 2. The van der Waals surface area contributed by atoms with Crippen LogP contribution in [0.25, 0.3) is 16.5 Å². The average Bonchev–Trinajstić information content (AvgIpc) is 3.16. The molecule has 0 atom stereocenters. The van der Waals surface area contributed by atoms with E-state index in [1.165, 1.54) is 17.3 Å². The molecule has 26 heavy (non-hydrogen) atoms. The van der Waals surface area contributed by atoms with Gasteiger partial charge in [-0.2, -0.15) is 5.10 Å². The van der Waals surface area contributed by atoms with Gasteiger partial charge in [0.2, 0.25) is 0 Å². The first kappa shape index (κ1) is 16.5. The van der Waals surface area contributed by atoms with Crippen LogP contribution in [0.3, 0.4) is 0 Å². The van der Waals surface area contributed by atoms with Crippen LogP contribution in [0.15, 0.2) is 61.2 Å². The maximum absolute atomic E-state index is 12.7. The van der Waals surface area contributed by atoms with E-state index in [-0.39, 0.29) is 10.8 Å². The van der Waals surface area contributed by atoms with Crippen molar-refractivity contribution < 1.29 is 4.79 Å². The molecule has 8 heteroatoms. The lowest BCUT2D eigenvalue weighted by Crippen LogP contribution is -2.15. The Morgan fingerprint density at radius 1 is 1.08 bits per heavy atom.